The molecule has 0 saturated carbocycles. The third-order valence-corrected chi connectivity index (χ3v) is 6.31. The van der Waals surface area contributed by atoms with Crippen molar-refractivity contribution in [3.05, 3.63) is 52.9 Å². The van der Waals surface area contributed by atoms with Gasteiger partial charge in [0.2, 0.25) is 0 Å². The van der Waals surface area contributed by atoms with Crippen molar-refractivity contribution >= 4 is 21.8 Å². The minimum absolute atomic E-state index is 0.0150. The van der Waals surface area contributed by atoms with Crippen LogP contribution in [0.5, 0.6) is 5.75 Å². The number of sulfone groups is 1. The molecule has 0 bridgehead atoms. The largest absolute Gasteiger partial charge is 0.497 e. The Bertz CT molecular complexity index is 1060. The van der Waals surface area contributed by atoms with Gasteiger partial charge in [0.05, 0.1) is 12.9 Å². The number of nitriles is 1. The van der Waals surface area contributed by atoms with Gasteiger partial charge in [-0.05, 0) is 55.8 Å². The first kappa shape index (κ1) is 22.2. The lowest BCUT2D eigenvalue weighted by Crippen LogP contribution is -2.30. The number of ether oxygens (including phenoxy) is 1. The van der Waals surface area contributed by atoms with Gasteiger partial charge in [0, 0.05) is 29.4 Å². The Kier molecular flexibility index (Phi) is 7.23. The van der Waals surface area contributed by atoms with Gasteiger partial charge in [-0.1, -0.05) is 6.92 Å². The van der Waals surface area contributed by atoms with Crippen molar-refractivity contribution in [1.29, 1.82) is 5.26 Å². The van der Waals surface area contributed by atoms with Gasteiger partial charge < -0.3 is 14.6 Å². The van der Waals surface area contributed by atoms with Crippen molar-refractivity contribution < 1.29 is 17.9 Å². The van der Waals surface area contributed by atoms with Gasteiger partial charge in [0.25, 0.3) is 5.91 Å². The molecule has 7 nitrogen and oxygen atoms in total. The molecular weight excluding hydrogens is 390 g/mol. The number of hydrogen-bond donors (Lipinski definition) is 1. The van der Waals surface area contributed by atoms with Crippen molar-refractivity contribution in [3.8, 4) is 17.5 Å². The van der Waals surface area contributed by atoms with Crippen LogP contribution in [0.1, 0.15) is 23.9 Å². The number of aromatic nitrogens is 1. The Morgan fingerprint density at radius 2 is 1.93 bits per heavy atom. The van der Waals surface area contributed by atoms with Gasteiger partial charge in [-0.25, -0.2) is 8.42 Å². The number of nitrogens with zero attached hydrogens (tertiary/aromatic N) is 2. The highest BCUT2D eigenvalue weighted by Gasteiger charge is 2.15. The Morgan fingerprint density at radius 3 is 2.48 bits per heavy atom. The summed E-state index contributed by atoms with van der Waals surface area (Å²) < 4.78 is 30.3. The van der Waals surface area contributed by atoms with Crippen molar-refractivity contribution in [2.24, 2.45) is 0 Å². The molecule has 1 amide bonds. The van der Waals surface area contributed by atoms with Crippen molar-refractivity contribution in [2.45, 2.75) is 20.8 Å². The van der Waals surface area contributed by atoms with E-state index in [1.807, 2.05) is 54.8 Å². The highest BCUT2D eigenvalue weighted by molar-refractivity contribution is 7.91. The summed E-state index contributed by atoms with van der Waals surface area (Å²) in [6.07, 6.45) is 1.52. The summed E-state index contributed by atoms with van der Waals surface area (Å²) in [5, 5.41) is 11.9. The minimum Gasteiger partial charge on any atom is -0.497 e. The lowest BCUT2D eigenvalue weighted by Gasteiger charge is -2.10. The number of hydrogen-bond acceptors (Lipinski definition) is 5. The van der Waals surface area contributed by atoms with Gasteiger partial charge in [-0.15, -0.1) is 0 Å². The lowest BCUT2D eigenvalue weighted by molar-refractivity contribution is -0.116. The van der Waals surface area contributed by atoms with E-state index < -0.39 is 15.7 Å². The van der Waals surface area contributed by atoms with Crippen LogP contribution in [0.3, 0.4) is 0 Å². The number of carbonyl (C=O) groups is 1. The van der Waals surface area contributed by atoms with E-state index in [0.717, 1.165) is 28.4 Å². The summed E-state index contributed by atoms with van der Waals surface area (Å²) in [5.74, 6) is 0.0269. The molecule has 1 aromatic carbocycles. The van der Waals surface area contributed by atoms with E-state index in [4.69, 9.17) is 4.74 Å². The van der Waals surface area contributed by atoms with E-state index in [1.54, 1.807) is 14.0 Å². The van der Waals surface area contributed by atoms with E-state index >= 15 is 0 Å². The second kappa shape index (κ2) is 9.43. The number of rotatable bonds is 8. The lowest BCUT2D eigenvalue weighted by atomic mass is 10.1. The number of methoxy groups -OCH3 is 1. The summed E-state index contributed by atoms with van der Waals surface area (Å²) in [7, 11) is -1.57. The molecule has 0 aliphatic rings. The number of amides is 1. The van der Waals surface area contributed by atoms with Gasteiger partial charge in [0.1, 0.15) is 17.4 Å². The fourth-order valence-corrected chi connectivity index (χ4v) is 3.63. The molecule has 1 heterocycles. The van der Waals surface area contributed by atoms with E-state index in [0.29, 0.717) is 0 Å². The van der Waals surface area contributed by atoms with Crippen LogP contribution < -0.4 is 10.1 Å². The van der Waals surface area contributed by atoms with Gasteiger partial charge >= 0.3 is 0 Å². The van der Waals surface area contributed by atoms with Crippen LogP contribution in [-0.2, 0) is 14.6 Å². The maximum atomic E-state index is 12.3. The molecule has 2 rings (SSSR count). The van der Waals surface area contributed by atoms with Crippen LogP contribution in [0.25, 0.3) is 11.8 Å². The summed E-state index contributed by atoms with van der Waals surface area (Å²) >= 11 is 0. The molecule has 0 saturated heterocycles. The maximum Gasteiger partial charge on any atom is 0.261 e. The fourth-order valence-electron chi connectivity index (χ4n) is 2.93. The molecule has 0 fully saturated rings. The fraction of sp³-hybridized carbons (Fsp3) is 0.333. The molecule has 154 valence electrons. The van der Waals surface area contributed by atoms with E-state index in [2.05, 4.69) is 5.32 Å². The zero-order valence-electron chi connectivity index (χ0n) is 17.0. The molecule has 1 aromatic heterocycles. The molecule has 1 N–H and O–H groups in total. The highest BCUT2D eigenvalue weighted by Crippen LogP contribution is 2.24. The van der Waals surface area contributed by atoms with Crippen molar-refractivity contribution in [1.82, 2.24) is 9.88 Å². The SMILES string of the molecule is CCS(=O)(=O)CCNC(=O)/C(C#N)=C\c1cc(C)n(-c2ccc(OC)cc2)c1C. The van der Waals surface area contributed by atoms with E-state index in [-0.39, 0.29) is 23.6 Å². The molecule has 8 heteroatoms. The summed E-state index contributed by atoms with van der Waals surface area (Å²) in [6, 6.07) is 11.4. The summed E-state index contributed by atoms with van der Waals surface area (Å²) in [5.41, 5.74) is 3.43. The average Bonchev–Trinajstić information content (AvgIpc) is 2.99. The monoisotopic (exact) mass is 415 g/mol. The Hall–Kier alpha value is -3.05. The molecule has 0 radical (unpaired) electrons. The molecule has 0 unspecified atom stereocenters. The minimum atomic E-state index is -3.18. The number of carbonyl (C=O) groups excluding carboxylic acids is 1. The Labute approximate surface area is 171 Å². The number of nitrogens with one attached hydrogen (secondary N) is 1. The molecule has 0 atom stereocenters. The van der Waals surface area contributed by atoms with Crippen molar-refractivity contribution in [3.63, 3.8) is 0 Å². The quantitative estimate of drug-likeness (QED) is 0.527. The first-order valence-corrected chi connectivity index (χ1v) is 11.0. The number of benzene rings is 1. The van der Waals surface area contributed by atoms with E-state index in [9.17, 15) is 18.5 Å². The zero-order valence-corrected chi connectivity index (χ0v) is 17.8. The smallest absolute Gasteiger partial charge is 0.261 e. The average molecular weight is 416 g/mol. The van der Waals surface area contributed by atoms with Crippen LogP contribution in [0.4, 0.5) is 0 Å². The van der Waals surface area contributed by atoms with Crippen LogP contribution in [0.2, 0.25) is 0 Å². The molecule has 0 spiro atoms. The highest BCUT2D eigenvalue weighted by atomic mass is 32.2. The topological polar surface area (TPSA) is 101 Å². The normalized spacial score (nSPS) is 11.8. The maximum absolute atomic E-state index is 12.3. The summed E-state index contributed by atoms with van der Waals surface area (Å²) in [6.45, 7) is 5.37. The van der Waals surface area contributed by atoms with Crippen LogP contribution in [0.15, 0.2) is 35.9 Å². The first-order chi connectivity index (χ1) is 13.7. The molecular formula is C21H25N3O4S. The Balaban J connectivity index is 2.25. The predicted octanol–water partition coefficient (Wildman–Crippen LogP) is 2.56. The standard InChI is InChI=1S/C21H25N3O4S/c1-5-29(26,27)11-10-23-21(25)18(14-22)13-17-12-15(2)24(16(17)3)19-6-8-20(28-4)9-7-19/h6-9,12-13H,5,10-11H2,1-4H3,(H,23,25)/b18-13-. The first-order valence-electron chi connectivity index (χ1n) is 9.16. The third kappa shape index (κ3) is 5.48. The molecule has 2 aromatic rings. The second-order valence-corrected chi connectivity index (χ2v) is 8.99. The third-order valence-electron chi connectivity index (χ3n) is 4.60. The second-order valence-electron chi connectivity index (χ2n) is 6.52. The Morgan fingerprint density at radius 1 is 1.28 bits per heavy atom. The predicted molar refractivity (Wildman–Crippen MR) is 113 cm³/mol. The van der Waals surface area contributed by atoms with Crippen LogP contribution in [0, 0.1) is 25.2 Å². The molecule has 0 aliphatic heterocycles. The summed E-state index contributed by atoms with van der Waals surface area (Å²) in [4.78, 5) is 12.3. The van der Waals surface area contributed by atoms with Crippen molar-refractivity contribution in [2.75, 3.05) is 25.2 Å². The number of aryl methyl sites for hydroxylation is 1. The van der Waals surface area contributed by atoms with E-state index in [1.165, 1.54) is 6.08 Å². The van der Waals surface area contributed by atoms with Gasteiger partial charge in [0.15, 0.2) is 9.84 Å². The van der Waals surface area contributed by atoms with Crippen LogP contribution >= 0.6 is 0 Å². The molecule has 29 heavy (non-hydrogen) atoms. The van der Waals surface area contributed by atoms with Crippen LogP contribution in [-0.4, -0.2) is 44.1 Å². The molecule has 0 aliphatic carbocycles. The zero-order chi connectivity index (χ0) is 21.6. The van der Waals surface area contributed by atoms with Gasteiger partial charge in [-0.3, -0.25) is 4.79 Å². The van der Waals surface area contributed by atoms with Gasteiger partial charge in [-0.2, -0.15) is 5.26 Å².